The highest BCUT2D eigenvalue weighted by Gasteiger charge is 2.22. The summed E-state index contributed by atoms with van der Waals surface area (Å²) >= 11 is 0. The molecule has 0 aromatic rings. The molecule has 0 aromatic carbocycles. The van der Waals surface area contributed by atoms with Crippen LogP contribution in [0.1, 0.15) is 168 Å². The second-order valence-corrected chi connectivity index (χ2v) is 14.5. The van der Waals surface area contributed by atoms with Crippen LogP contribution < -0.4 is 0 Å². The SMILES string of the molecule is CCCCCCCC/C=C/C/C=C/C/C=C/CCCC(=O)OC[C@H](COP(=O)(O)O)OC(=O)CCC/C=C/C/C=C/C/C=C/CCCCCCCC. The maximum absolute atomic E-state index is 12.4. The number of phosphoric ester groups is 1. The third-order valence-electron chi connectivity index (χ3n) is 8.20. The monoisotopic (exact) mass is 749 g/mol. The van der Waals surface area contributed by atoms with E-state index in [1.54, 1.807) is 0 Å². The van der Waals surface area contributed by atoms with E-state index in [1.165, 1.54) is 77.0 Å². The summed E-state index contributed by atoms with van der Waals surface area (Å²) in [6.07, 6.45) is 49.2. The fraction of sp³-hybridized carbons (Fsp3) is 0.674. The van der Waals surface area contributed by atoms with Crippen LogP contribution in [-0.4, -0.2) is 41.0 Å². The van der Waals surface area contributed by atoms with Crippen LogP contribution in [0.2, 0.25) is 0 Å². The van der Waals surface area contributed by atoms with Gasteiger partial charge in [-0.25, -0.2) is 4.57 Å². The minimum atomic E-state index is -4.78. The van der Waals surface area contributed by atoms with Crippen LogP contribution in [0.15, 0.2) is 72.9 Å². The molecular formula is C43H73O8P. The van der Waals surface area contributed by atoms with Gasteiger partial charge < -0.3 is 19.3 Å². The molecule has 0 aliphatic heterocycles. The summed E-state index contributed by atoms with van der Waals surface area (Å²) in [5, 5.41) is 0. The van der Waals surface area contributed by atoms with Gasteiger partial charge in [-0.1, -0.05) is 151 Å². The third-order valence-corrected chi connectivity index (χ3v) is 8.68. The lowest BCUT2D eigenvalue weighted by Crippen LogP contribution is -2.29. The fourth-order valence-electron chi connectivity index (χ4n) is 5.17. The Kier molecular flexibility index (Phi) is 36.4. The van der Waals surface area contributed by atoms with E-state index in [2.05, 4.69) is 79.1 Å². The summed E-state index contributed by atoms with van der Waals surface area (Å²) < 4.78 is 26.2. The Balaban J connectivity index is 4.13. The van der Waals surface area contributed by atoms with Crippen LogP contribution in [0.5, 0.6) is 0 Å². The highest BCUT2D eigenvalue weighted by molar-refractivity contribution is 7.46. The lowest BCUT2D eigenvalue weighted by atomic mass is 10.1. The zero-order valence-corrected chi connectivity index (χ0v) is 33.6. The van der Waals surface area contributed by atoms with Gasteiger partial charge in [-0.05, 0) is 77.0 Å². The standard InChI is InChI=1S/C43H73O8P/c1-3-5-7-9-11-13-15-17-19-21-23-25-27-29-31-33-35-37-42(44)49-39-41(40-50-52(46,47)48)51-43(45)38-36-34-32-30-28-26-24-22-20-18-16-14-12-10-8-6-4-2/h17-20,23-26,29-32,41H,3-16,21-22,27-28,33-40H2,1-2H3,(H2,46,47,48)/b19-17+,20-18+,25-23+,26-24+,31-29+,32-30+/t41-/m1/s1. The number of hydrogen-bond donors (Lipinski definition) is 2. The molecule has 0 rings (SSSR count). The first-order valence-electron chi connectivity index (χ1n) is 20.2. The Morgan fingerprint density at radius 1 is 0.500 bits per heavy atom. The van der Waals surface area contributed by atoms with Gasteiger partial charge in [0.1, 0.15) is 6.61 Å². The van der Waals surface area contributed by atoms with E-state index >= 15 is 0 Å². The van der Waals surface area contributed by atoms with Crippen molar-refractivity contribution in [2.75, 3.05) is 13.2 Å². The smallest absolute Gasteiger partial charge is 0.462 e. The highest BCUT2D eigenvalue weighted by atomic mass is 31.2. The van der Waals surface area contributed by atoms with Gasteiger partial charge in [0.05, 0.1) is 6.61 Å². The van der Waals surface area contributed by atoms with Gasteiger partial charge in [0, 0.05) is 12.8 Å². The molecule has 0 amide bonds. The minimum Gasteiger partial charge on any atom is -0.462 e. The number of allylic oxidation sites excluding steroid dienone is 12. The highest BCUT2D eigenvalue weighted by Crippen LogP contribution is 2.36. The molecule has 0 saturated heterocycles. The molecule has 8 nitrogen and oxygen atoms in total. The van der Waals surface area contributed by atoms with Crippen molar-refractivity contribution in [2.24, 2.45) is 0 Å². The second-order valence-electron chi connectivity index (χ2n) is 13.2. The van der Waals surface area contributed by atoms with Crippen molar-refractivity contribution in [1.82, 2.24) is 0 Å². The van der Waals surface area contributed by atoms with Crippen LogP contribution >= 0.6 is 7.82 Å². The van der Waals surface area contributed by atoms with E-state index in [0.717, 1.165) is 44.9 Å². The van der Waals surface area contributed by atoms with Crippen molar-refractivity contribution in [2.45, 2.75) is 174 Å². The van der Waals surface area contributed by atoms with E-state index in [4.69, 9.17) is 19.3 Å². The van der Waals surface area contributed by atoms with Gasteiger partial charge in [0.15, 0.2) is 6.10 Å². The van der Waals surface area contributed by atoms with Crippen molar-refractivity contribution < 1.29 is 37.9 Å². The van der Waals surface area contributed by atoms with E-state index in [1.807, 2.05) is 12.2 Å². The summed E-state index contributed by atoms with van der Waals surface area (Å²) in [5.74, 6) is -1.01. The second kappa shape index (κ2) is 38.2. The van der Waals surface area contributed by atoms with E-state index in [-0.39, 0.29) is 19.4 Å². The summed E-state index contributed by atoms with van der Waals surface area (Å²) in [4.78, 5) is 42.7. The Labute approximate surface area is 317 Å². The normalized spacial score (nSPS) is 13.2. The number of esters is 2. The van der Waals surface area contributed by atoms with Gasteiger partial charge in [-0.15, -0.1) is 0 Å². The average molecular weight is 749 g/mol. The zero-order valence-electron chi connectivity index (χ0n) is 32.7. The Morgan fingerprint density at radius 2 is 0.865 bits per heavy atom. The third kappa shape index (κ3) is 40.3. The first-order valence-corrected chi connectivity index (χ1v) is 21.8. The molecule has 0 aliphatic carbocycles. The Bertz CT molecular complexity index is 1070. The van der Waals surface area contributed by atoms with Crippen LogP contribution in [-0.2, 0) is 28.2 Å². The molecule has 1 atom stereocenters. The molecule has 298 valence electrons. The fourth-order valence-corrected chi connectivity index (χ4v) is 5.53. The lowest BCUT2D eigenvalue weighted by molar-refractivity contribution is -0.161. The van der Waals surface area contributed by atoms with Crippen LogP contribution in [0.25, 0.3) is 0 Å². The van der Waals surface area contributed by atoms with Crippen molar-refractivity contribution in [1.29, 1.82) is 0 Å². The lowest BCUT2D eigenvalue weighted by Gasteiger charge is -2.18. The maximum atomic E-state index is 12.4. The molecule has 0 spiro atoms. The number of carbonyl (C=O) groups excluding carboxylic acids is 2. The molecule has 2 N–H and O–H groups in total. The molecular weight excluding hydrogens is 675 g/mol. The number of ether oxygens (including phenoxy) is 2. The number of carbonyl (C=O) groups is 2. The predicted molar refractivity (Wildman–Crippen MR) is 216 cm³/mol. The van der Waals surface area contributed by atoms with Crippen molar-refractivity contribution in [3.05, 3.63) is 72.9 Å². The topological polar surface area (TPSA) is 119 Å². The van der Waals surface area contributed by atoms with Crippen molar-refractivity contribution >= 4 is 19.8 Å². The number of phosphoric acid groups is 1. The molecule has 0 fully saturated rings. The Hall–Kier alpha value is -2.51. The minimum absolute atomic E-state index is 0.126. The summed E-state index contributed by atoms with van der Waals surface area (Å²) in [7, 11) is -4.78. The van der Waals surface area contributed by atoms with Gasteiger partial charge in [0.25, 0.3) is 0 Å². The predicted octanol–water partition coefficient (Wildman–Crippen LogP) is 12.3. The van der Waals surface area contributed by atoms with E-state index < -0.39 is 32.5 Å². The summed E-state index contributed by atoms with van der Waals surface area (Å²) in [6.45, 7) is 3.57. The summed E-state index contributed by atoms with van der Waals surface area (Å²) in [5.41, 5.74) is 0. The van der Waals surface area contributed by atoms with E-state index in [0.29, 0.717) is 19.3 Å². The molecule has 52 heavy (non-hydrogen) atoms. The number of unbranched alkanes of at least 4 members (excludes halogenated alkanes) is 14. The van der Waals surface area contributed by atoms with Crippen LogP contribution in [0.4, 0.5) is 0 Å². The van der Waals surface area contributed by atoms with Crippen LogP contribution in [0, 0.1) is 0 Å². The van der Waals surface area contributed by atoms with Crippen LogP contribution in [0.3, 0.4) is 0 Å². The van der Waals surface area contributed by atoms with Gasteiger partial charge in [-0.2, -0.15) is 0 Å². The molecule has 0 heterocycles. The first kappa shape index (κ1) is 49.5. The molecule has 0 aliphatic rings. The Morgan fingerprint density at radius 3 is 1.29 bits per heavy atom. The maximum Gasteiger partial charge on any atom is 0.469 e. The molecule has 0 bridgehead atoms. The number of hydrogen-bond acceptors (Lipinski definition) is 6. The van der Waals surface area contributed by atoms with Gasteiger partial charge >= 0.3 is 19.8 Å². The molecule has 0 aromatic heterocycles. The zero-order chi connectivity index (χ0) is 38.2. The van der Waals surface area contributed by atoms with E-state index in [9.17, 15) is 14.2 Å². The van der Waals surface area contributed by atoms with Crippen molar-refractivity contribution in [3.8, 4) is 0 Å². The van der Waals surface area contributed by atoms with Crippen molar-refractivity contribution in [3.63, 3.8) is 0 Å². The average Bonchev–Trinajstić information content (AvgIpc) is 3.11. The molecule has 0 radical (unpaired) electrons. The molecule has 9 heteroatoms. The largest absolute Gasteiger partial charge is 0.469 e. The molecule has 0 saturated carbocycles. The number of rotatable bonds is 36. The quantitative estimate of drug-likeness (QED) is 0.0281. The summed E-state index contributed by atoms with van der Waals surface area (Å²) in [6, 6.07) is 0. The first-order chi connectivity index (χ1) is 25.3. The van der Waals surface area contributed by atoms with Gasteiger partial charge in [-0.3, -0.25) is 14.1 Å². The van der Waals surface area contributed by atoms with Gasteiger partial charge in [0.2, 0.25) is 0 Å². The molecule has 0 unspecified atom stereocenters.